The zero-order valence-corrected chi connectivity index (χ0v) is 7.02. The molecule has 0 aromatic rings. The van der Waals surface area contributed by atoms with Crippen LogP contribution in [0.25, 0.3) is 0 Å². The zero-order valence-electron chi connectivity index (χ0n) is 3.20. The fourth-order valence-electron chi connectivity index (χ4n) is 0. The molecule has 0 bridgehead atoms. The van der Waals surface area contributed by atoms with Crippen LogP contribution in [0.2, 0.25) is 0 Å². The molecular formula is CH3AsO4V. The van der Waals surface area contributed by atoms with Crippen molar-refractivity contribution in [3.8, 4) is 0 Å². The molecule has 0 aliphatic rings. The van der Waals surface area contributed by atoms with E-state index in [9.17, 15) is 0 Å². The van der Waals surface area contributed by atoms with E-state index in [4.69, 9.17) is 17.2 Å². The van der Waals surface area contributed by atoms with Gasteiger partial charge in [-0.2, -0.15) is 0 Å². The average Bonchev–Trinajstić information content (AvgIpc) is 1.33. The van der Waals surface area contributed by atoms with Gasteiger partial charge in [0.1, 0.15) is 0 Å². The summed E-state index contributed by atoms with van der Waals surface area (Å²) in [7, 11) is 0. The summed E-state index contributed by atoms with van der Waals surface area (Å²) in [5.41, 5.74) is 0. The summed E-state index contributed by atoms with van der Waals surface area (Å²) in [5, 5.41) is 7.44. The van der Waals surface area contributed by atoms with Gasteiger partial charge in [0, 0.05) is 0 Å². The second kappa shape index (κ2) is 9.51. The molecule has 4 nitrogen and oxygen atoms in total. The summed E-state index contributed by atoms with van der Waals surface area (Å²) in [5.74, 6) is 0. The molecule has 0 amide bonds. The first-order valence-corrected chi connectivity index (χ1v) is 3.43. The molecule has 0 heterocycles. The minimum absolute atomic E-state index is 0.715. The average molecular weight is 205 g/mol. The fraction of sp³-hybridized carbons (Fsp3) is 0. The molecule has 41 valence electrons. The van der Waals surface area contributed by atoms with Crippen LogP contribution in [0.5, 0.6) is 0 Å². The van der Waals surface area contributed by atoms with Gasteiger partial charge in [0.15, 0.2) is 0 Å². The summed E-state index contributed by atoms with van der Waals surface area (Å²) >= 11 is -1.10. The van der Waals surface area contributed by atoms with Gasteiger partial charge in [0.05, 0.1) is 0 Å². The monoisotopic (exact) mass is 205 g/mol. The summed E-state index contributed by atoms with van der Waals surface area (Å²) in [4.78, 5) is 9.03. The number of hydrogen-bond acceptors (Lipinski definition) is 3. The normalized spacial score (nSPS) is 4.71. The molecule has 0 aromatic heterocycles. The van der Waals surface area contributed by atoms with E-state index in [1.165, 1.54) is 0 Å². The van der Waals surface area contributed by atoms with Gasteiger partial charge >= 0.3 is 55.0 Å². The predicted molar refractivity (Wildman–Crippen MR) is 17.9 cm³/mol. The molecule has 1 unspecified atom stereocenters. The maximum atomic E-state index is 9.03. The zero-order chi connectivity index (χ0) is 6.28. The van der Waals surface area contributed by atoms with Gasteiger partial charge in [-0.15, -0.1) is 0 Å². The standard InChI is InChI=1S/CH3AsO2.2O.V/c2-1(3)4;;;/h2H2,(H,3,4);;;. The van der Waals surface area contributed by atoms with Gasteiger partial charge < -0.3 is 0 Å². The maximum absolute atomic E-state index is 9.03. The van der Waals surface area contributed by atoms with Crippen LogP contribution >= 0.6 is 0 Å². The predicted octanol–water partition coefficient (Wildman–Crippen LogP) is -0.943. The minimum atomic E-state index is -1.81. The Bertz CT molecular complexity index is 79.7. The topological polar surface area (TPSA) is 71.4 Å². The molecule has 7 heavy (non-hydrogen) atoms. The Morgan fingerprint density at radius 2 is 1.57 bits per heavy atom. The van der Waals surface area contributed by atoms with Crippen LogP contribution < -0.4 is 0 Å². The second-order valence-electron chi connectivity index (χ2n) is 0.413. The first-order chi connectivity index (χ1) is 3.15. The molecule has 0 spiro atoms. The molecule has 1 N–H and O–H groups in total. The Morgan fingerprint density at radius 1 is 1.57 bits per heavy atom. The summed E-state index contributed by atoms with van der Waals surface area (Å²) in [6.07, 6.45) is 0. The third kappa shape index (κ3) is 2430. The van der Waals surface area contributed by atoms with E-state index < -0.39 is 20.9 Å². The van der Waals surface area contributed by atoms with Crippen LogP contribution in [0.1, 0.15) is 0 Å². The van der Waals surface area contributed by atoms with Crippen LogP contribution in [0.15, 0.2) is 0 Å². The SMILES string of the molecule is O=C(O)[AsH2].[O]=[V]=[O]. The van der Waals surface area contributed by atoms with Crippen molar-refractivity contribution in [1.29, 1.82) is 0 Å². The van der Waals surface area contributed by atoms with Crippen molar-refractivity contribution in [3.63, 3.8) is 0 Å². The molecule has 6 heteroatoms. The van der Waals surface area contributed by atoms with Gasteiger partial charge in [0.2, 0.25) is 0 Å². The number of carbonyl (C=O) groups is 1. The van der Waals surface area contributed by atoms with E-state index in [0.29, 0.717) is 16.9 Å². The summed E-state index contributed by atoms with van der Waals surface area (Å²) in [6.45, 7) is 0. The molecule has 0 aliphatic carbocycles. The Kier molecular flexibility index (Phi) is 13.9. The van der Waals surface area contributed by atoms with E-state index in [2.05, 4.69) is 0 Å². The van der Waals surface area contributed by atoms with Crippen molar-refractivity contribution >= 4 is 21.6 Å². The Balaban J connectivity index is 0. The van der Waals surface area contributed by atoms with E-state index in [0.717, 1.165) is 0 Å². The number of rotatable bonds is 0. The molecule has 0 saturated carbocycles. The molecule has 0 radical (unpaired) electrons. The second-order valence-corrected chi connectivity index (χ2v) is 1.68. The van der Waals surface area contributed by atoms with E-state index in [1.54, 1.807) is 0 Å². The van der Waals surface area contributed by atoms with Crippen molar-refractivity contribution in [2.45, 2.75) is 0 Å². The van der Waals surface area contributed by atoms with Gasteiger partial charge in [-0.05, 0) is 0 Å². The molecule has 0 aromatic carbocycles. The van der Waals surface area contributed by atoms with Crippen molar-refractivity contribution in [2.24, 2.45) is 0 Å². The number of hydrogen-bond donors (Lipinski definition) is 1. The van der Waals surface area contributed by atoms with Gasteiger partial charge in [-0.3, -0.25) is 0 Å². The quantitative estimate of drug-likeness (QED) is 0.518. The first-order valence-electron chi connectivity index (χ1n) is 1.08. The van der Waals surface area contributed by atoms with Crippen LogP contribution in [0, 0.1) is 0 Å². The molecule has 1 atom stereocenters. The van der Waals surface area contributed by atoms with E-state index >= 15 is 0 Å². The van der Waals surface area contributed by atoms with E-state index in [1.807, 2.05) is 0 Å². The third-order valence-corrected chi connectivity index (χ3v) is 0. The van der Waals surface area contributed by atoms with Crippen molar-refractivity contribution in [2.75, 3.05) is 0 Å². The molecular weight excluding hydrogens is 202 g/mol. The van der Waals surface area contributed by atoms with Crippen LogP contribution in [-0.2, 0) is 23.5 Å². The van der Waals surface area contributed by atoms with Crippen LogP contribution in [0.3, 0.4) is 0 Å². The molecule has 0 fully saturated rings. The third-order valence-electron chi connectivity index (χ3n) is 0. The summed E-state index contributed by atoms with van der Waals surface area (Å²) < 4.78 is 16.2. The Morgan fingerprint density at radius 3 is 1.57 bits per heavy atom. The Labute approximate surface area is 55.3 Å². The van der Waals surface area contributed by atoms with Crippen LogP contribution in [0.4, 0.5) is 4.79 Å². The summed E-state index contributed by atoms with van der Waals surface area (Å²) in [6, 6.07) is 0. The van der Waals surface area contributed by atoms with Crippen LogP contribution in [-0.4, -0.2) is 26.7 Å². The van der Waals surface area contributed by atoms with Gasteiger partial charge in [0.25, 0.3) is 0 Å². The van der Waals surface area contributed by atoms with Gasteiger partial charge in [-0.1, -0.05) is 0 Å². The Hall–Kier alpha value is 0.213. The van der Waals surface area contributed by atoms with Crippen molar-refractivity contribution in [1.82, 2.24) is 0 Å². The first kappa shape index (κ1) is 10.2. The molecule has 0 aliphatic heterocycles. The molecule has 0 rings (SSSR count). The fourth-order valence-corrected chi connectivity index (χ4v) is 0. The van der Waals surface area contributed by atoms with Crippen molar-refractivity contribution in [3.05, 3.63) is 0 Å². The number of carboxylic acid groups (broad SMARTS) is 1. The van der Waals surface area contributed by atoms with E-state index in [-0.39, 0.29) is 0 Å². The molecule has 0 saturated heterocycles. The van der Waals surface area contributed by atoms with Gasteiger partial charge in [-0.25, -0.2) is 0 Å². The van der Waals surface area contributed by atoms with Crippen molar-refractivity contribution < 1.29 is 33.4 Å².